The molecule has 2 fully saturated rings. The summed E-state index contributed by atoms with van der Waals surface area (Å²) in [6, 6.07) is 0. The van der Waals surface area contributed by atoms with Gasteiger partial charge in [0.2, 0.25) is 0 Å². The SMILES string of the molecule is CC1(C)OB(C=CCN2CCC(C(F)(F)F)CC2)OC1(C)C. The molecule has 0 radical (unpaired) electrons. The molecule has 0 unspecified atom stereocenters. The average molecular weight is 319 g/mol. The first-order valence-corrected chi connectivity index (χ1v) is 7.83. The Balaban J connectivity index is 1.76. The topological polar surface area (TPSA) is 21.7 Å². The zero-order valence-corrected chi connectivity index (χ0v) is 13.7. The summed E-state index contributed by atoms with van der Waals surface area (Å²) in [5.74, 6) is 0.711. The Kier molecular flexibility index (Phi) is 5.00. The molecular formula is C15H25BF3NO2. The molecule has 3 nitrogen and oxygen atoms in total. The van der Waals surface area contributed by atoms with Crippen LogP contribution in [0.4, 0.5) is 13.2 Å². The van der Waals surface area contributed by atoms with Crippen LogP contribution in [0.15, 0.2) is 12.1 Å². The van der Waals surface area contributed by atoms with Crippen molar-refractivity contribution in [1.29, 1.82) is 0 Å². The van der Waals surface area contributed by atoms with Crippen LogP contribution in [-0.4, -0.2) is 49.0 Å². The van der Waals surface area contributed by atoms with Crippen LogP contribution in [-0.2, 0) is 9.31 Å². The molecule has 0 aromatic heterocycles. The van der Waals surface area contributed by atoms with Gasteiger partial charge < -0.3 is 9.31 Å². The number of halogens is 3. The van der Waals surface area contributed by atoms with Gasteiger partial charge in [-0.05, 0) is 53.6 Å². The molecule has 0 atom stereocenters. The van der Waals surface area contributed by atoms with E-state index >= 15 is 0 Å². The van der Waals surface area contributed by atoms with Crippen molar-refractivity contribution in [3.8, 4) is 0 Å². The lowest BCUT2D eigenvalue weighted by Gasteiger charge is -2.32. The number of alkyl halides is 3. The Morgan fingerprint density at radius 1 is 1.09 bits per heavy atom. The Hall–Kier alpha value is -0.525. The van der Waals surface area contributed by atoms with Crippen molar-refractivity contribution in [1.82, 2.24) is 4.90 Å². The minimum absolute atomic E-state index is 0.188. The summed E-state index contributed by atoms with van der Waals surface area (Å²) < 4.78 is 49.5. The zero-order chi connectivity index (χ0) is 16.6. The van der Waals surface area contributed by atoms with Gasteiger partial charge in [0.1, 0.15) is 0 Å². The predicted octanol–water partition coefficient (Wildman–Crippen LogP) is 3.45. The molecular weight excluding hydrogens is 294 g/mol. The minimum atomic E-state index is -4.05. The summed E-state index contributed by atoms with van der Waals surface area (Å²) in [4.78, 5) is 2.03. The third kappa shape index (κ3) is 4.06. The van der Waals surface area contributed by atoms with Gasteiger partial charge in [-0.3, -0.25) is 4.90 Å². The van der Waals surface area contributed by atoms with Crippen LogP contribution in [0.5, 0.6) is 0 Å². The Morgan fingerprint density at radius 3 is 2.05 bits per heavy atom. The Bertz CT molecular complexity index is 400. The van der Waals surface area contributed by atoms with Crippen LogP contribution in [0.1, 0.15) is 40.5 Å². The van der Waals surface area contributed by atoms with Gasteiger partial charge >= 0.3 is 13.3 Å². The van der Waals surface area contributed by atoms with E-state index in [0.717, 1.165) is 0 Å². The van der Waals surface area contributed by atoms with Gasteiger partial charge in [0.05, 0.1) is 17.1 Å². The van der Waals surface area contributed by atoms with E-state index in [1.165, 1.54) is 0 Å². The highest BCUT2D eigenvalue weighted by atomic mass is 19.4. The first kappa shape index (κ1) is 17.8. The molecule has 0 aromatic carbocycles. The standard InChI is InChI=1S/C15H25BF3NO2/c1-13(2)14(3,4)22-16(21-13)8-5-9-20-10-6-12(7-11-20)15(17,18)19/h5,8,12H,6-7,9-11H2,1-4H3. The molecule has 2 rings (SSSR count). The Morgan fingerprint density at radius 2 is 1.59 bits per heavy atom. The van der Waals surface area contributed by atoms with E-state index in [0.29, 0.717) is 19.6 Å². The van der Waals surface area contributed by atoms with Crippen molar-refractivity contribution in [3.05, 3.63) is 12.1 Å². The first-order chi connectivity index (χ1) is 10.0. The number of hydrogen-bond donors (Lipinski definition) is 0. The third-order valence-electron chi connectivity index (χ3n) is 4.98. The average Bonchev–Trinajstić information content (AvgIpc) is 2.57. The van der Waals surface area contributed by atoms with E-state index in [9.17, 15) is 13.2 Å². The lowest BCUT2D eigenvalue weighted by atomic mass is 9.90. The van der Waals surface area contributed by atoms with Gasteiger partial charge in [-0.25, -0.2) is 0 Å². The molecule has 0 saturated carbocycles. The van der Waals surface area contributed by atoms with Gasteiger partial charge in [0.15, 0.2) is 0 Å². The second kappa shape index (κ2) is 6.17. The molecule has 0 spiro atoms. The highest BCUT2D eigenvalue weighted by Crippen LogP contribution is 2.37. The Labute approximate surface area is 131 Å². The molecule has 0 N–H and O–H groups in total. The molecule has 2 saturated heterocycles. The molecule has 126 valence electrons. The molecule has 7 heteroatoms. The van der Waals surface area contributed by atoms with Gasteiger partial charge in [0, 0.05) is 6.54 Å². The van der Waals surface area contributed by atoms with Crippen molar-refractivity contribution >= 4 is 7.12 Å². The number of nitrogens with zero attached hydrogens (tertiary/aromatic N) is 1. The molecule has 2 aliphatic rings. The van der Waals surface area contributed by atoms with Crippen LogP contribution in [0.2, 0.25) is 0 Å². The fourth-order valence-corrected chi connectivity index (χ4v) is 2.73. The van der Waals surface area contributed by atoms with E-state index < -0.39 is 19.2 Å². The van der Waals surface area contributed by atoms with Crippen molar-refractivity contribution in [2.45, 2.75) is 57.9 Å². The smallest absolute Gasteiger partial charge is 0.400 e. The number of piperidine rings is 1. The van der Waals surface area contributed by atoms with Crippen LogP contribution >= 0.6 is 0 Å². The van der Waals surface area contributed by atoms with Gasteiger partial charge in [-0.1, -0.05) is 12.1 Å². The van der Waals surface area contributed by atoms with Gasteiger partial charge in [-0.2, -0.15) is 13.2 Å². The van der Waals surface area contributed by atoms with E-state index in [2.05, 4.69) is 0 Å². The minimum Gasteiger partial charge on any atom is -0.400 e. The van der Waals surface area contributed by atoms with Gasteiger partial charge in [0.25, 0.3) is 0 Å². The summed E-state index contributed by atoms with van der Waals surface area (Å²) in [5, 5.41) is 0. The van der Waals surface area contributed by atoms with Gasteiger partial charge in [-0.15, -0.1) is 0 Å². The molecule has 2 heterocycles. The lowest BCUT2D eigenvalue weighted by molar-refractivity contribution is -0.184. The molecule has 0 aliphatic carbocycles. The van der Waals surface area contributed by atoms with Crippen LogP contribution in [0.25, 0.3) is 0 Å². The zero-order valence-electron chi connectivity index (χ0n) is 13.7. The maximum absolute atomic E-state index is 12.6. The second-order valence-corrected chi connectivity index (χ2v) is 7.17. The van der Waals surface area contributed by atoms with Crippen molar-refractivity contribution in [3.63, 3.8) is 0 Å². The largest absolute Gasteiger partial charge is 0.486 e. The van der Waals surface area contributed by atoms with Crippen LogP contribution < -0.4 is 0 Å². The molecule has 0 amide bonds. The van der Waals surface area contributed by atoms with Crippen molar-refractivity contribution in [2.24, 2.45) is 5.92 Å². The summed E-state index contributed by atoms with van der Waals surface area (Å²) in [6.07, 6.45) is -1.75. The number of likely N-dealkylation sites (tertiary alicyclic amines) is 1. The van der Waals surface area contributed by atoms with Crippen LogP contribution in [0.3, 0.4) is 0 Å². The summed E-state index contributed by atoms with van der Waals surface area (Å²) >= 11 is 0. The third-order valence-corrected chi connectivity index (χ3v) is 4.98. The number of hydrogen-bond acceptors (Lipinski definition) is 3. The van der Waals surface area contributed by atoms with Crippen molar-refractivity contribution < 1.29 is 22.5 Å². The molecule has 0 bridgehead atoms. The van der Waals surface area contributed by atoms with E-state index in [1.54, 1.807) is 0 Å². The first-order valence-electron chi connectivity index (χ1n) is 7.83. The molecule has 0 aromatic rings. The second-order valence-electron chi connectivity index (χ2n) is 7.17. The van der Waals surface area contributed by atoms with Crippen molar-refractivity contribution in [2.75, 3.05) is 19.6 Å². The summed E-state index contributed by atoms with van der Waals surface area (Å²) in [6.45, 7) is 9.56. The van der Waals surface area contributed by atoms with E-state index in [1.807, 2.05) is 44.6 Å². The predicted molar refractivity (Wildman–Crippen MR) is 80.4 cm³/mol. The highest BCUT2D eigenvalue weighted by molar-refractivity contribution is 6.51. The summed E-state index contributed by atoms with van der Waals surface area (Å²) in [7, 11) is -0.391. The quantitative estimate of drug-likeness (QED) is 0.744. The maximum Gasteiger partial charge on any atom is 0.486 e. The molecule has 2 aliphatic heterocycles. The normalized spacial score (nSPS) is 27.0. The summed E-state index contributed by atoms with van der Waals surface area (Å²) in [5.41, 5.74) is -0.736. The van der Waals surface area contributed by atoms with E-state index in [4.69, 9.17) is 9.31 Å². The lowest BCUT2D eigenvalue weighted by Crippen LogP contribution is -2.41. The number of rotatable bonds is 3. The highest BCUT2D eigenvalue weighted by Gasteiger charge is 2.50. The monoisotopic (exact) mass is 319 g/mol. The van der Waals surface area contributed by atoms with E-state index in [-0.39, 0.29) is 24.0 Å². The fourth-order valence-electron chi connectivity index (χ4n) is 2.73. The van der Waals surface area contributed by atoms with Crippen LogP contribution in [0, 0.1) is 5.92 Å². The fraction of sp³-hybridized carbons (Fsp3) is 0.867. The maximum atomic E-state index is 12.6. The molecule has 22 heavy (non-hydrogen) atoms.